The first-order valence-corrected chi connectivity index (χ1v) is 4.23. The average molecular weight is 209 g/mol. The topological polar surface area (TPSA) is 68.1 Å². The van der Waals surface area contributed by atoms with E-state index in [0.717, 1.165) is 11.3 Å². The number of carboxylic acids is 1. The van der Waals surface area contributed by atoms with Crippen LogP contribution in [0.3, 0.4) is 0 Å². The lowest BCUT2D eigenvalue weighted by molar-refractivity contribution is -0.129. The summed E-state index contributed by atoms with van der Waals surface area (Å²) in [5, 5.41) is 11.5. The second kappa shape index (κ2) is 5.64. The summed E-state index contributed by atoms with van der Waals surface area (Å²) in [5.74, 6) is -0.418. The van der Waals surface area contributed by atoms with Crippen LogP contribution in [0.25, 0.3) is 0 Å². The third-order valence-corrected chi connectivity index (χ3v) is 1.60. The fourth-order valence-electron chi connectivity index (χ4n) is 0.956. The Hall–Kier alpha value is -2.04. The molecule has 1 aromatic rings. The summed E-state index contributed by atoms with van der Waals surface area (Å²) in [4.78, 5) is 14.8. The van der Waals surface area contributed by atoms with E-state index in [4.69, 9.17) is 14.7 Å². The minimum Gasteiger partial charge on any atom is -0.497 e. The molecule has 0 bridgehead atoms. The van der Waals surface area contributed by atoms with Gasteiger partial charge in [0.25, 0.3) is 0 Å². The molecule has 0 radical (unpaired) electrons. The lowest BCUT2D eigenvalue weighted by atomic mass is 10.2. The van der Waals surface area contributed by atoms with Gasteiger partial charge in [-0.2, -0.15) is 0 Å². The van der Waals surface area contributed by atoms with Crippen LogP contribution in [0.15, 0.2) is 29.4 Å². The number of benzene rings is 1. The third kappa shape index (κ3) is 4.12. The molecule has 0 amide bonds. The van der Waals surface area contributed by atoms with Crippen LogP contribution in [0, 0.1) is 0 Å². The van der Waals surface area contributed by atoms with Crippen molar-refractivity contribution in [1.29, 1.82) is 0 Å². The van der Waals surface area contributed by atoms with Crippen LogP contribution in [0.1, 0.15) is 5.56 Å². The Bertz CT molecular complexity index is 362. The highest BCUT2D eigenvalue weighted by atomic mass is 16.6. The normalized spacial score (nSPS) is 10.2. The Morgan fingerprint density at radius 1 is 1.60 bits per heavy atom. The molecule has 0 fully saturated rings. The summed E-state index contributed by atoms with van der Waals surface area (Å²) in [6, 6.07) is 7.25. The van der Waals surface area contributed by atoms with Crippen molar-refractivity contribution < 1.29 is 19.5 Å². The summed E-state index contributed by atoms with van der Waals surface area (Å²) in [6.45, 7) is 0.209. The van der Waals surface area contributed by atoms with E-state index in [1.54, 1.807) is 13.2 Å². The Labute approximate surface area is 86.9 Å². The Morgan fingerprint density at radius 3 is 3.07 bits per heavy atom. The van der Waals surface area contributed by atoms with Crippen LogP contribution in [0.5, 0.6) is 5.75 Å². The minimum absolute atomic E-state index is 0.209. The van der Waals surface area contributed by atoms with Crippen LogP contribution in [0.4, 0.5) is 0 Å². The summed E-state index contributed by atoms with van der Waals surface area (Å²) in [6.07, 6.45) is 0.695. The molecule has 0 unspecified atom stereocenters. The van der Waals surface area contributed by atoms with Gasteiger partial charge in [0.15, 0.2) is 6.21 Å². The predicted molar refractivity (Wildman–Crippen MR) is 53.9 cm³/mol. The first-order chi connectivity index (χ1) is 7.22. The molecule has 0 heterocycles. The monoisotopic (exact) mass is 209 g/mol. The molecule has 5 nitrogen and oxygen atoms in total. The van der Waals surface area contributed by atoms with E-state index in [2.05, 4.69) is 5.16 Å². The molecule has 0 aromatic heterocycles. The number of hydrogen-bond acceptors (Lipinski definition) is 4. The van der Waals surface area contributed by atoms with E-state index >= 15 is 0 Å². The molecular weight excluding hydrogens is 198 g/mol. The molecule has 5 heteroatoms. The number of carboxylic acid groups (broad SMARTS) is 1. The lowest BCUT2D eigenvalue weighted by Crippen LogP contribution is -1.96. The molecule has 0 spiro atoms. The molecule has 80 valence electrons. The van der Waals surface area contributed by atoms with E-state index in [9.17, 15) is 4.79 Å². The highest BCUT2D eigenvalue weighted by Gasteiger charge is 1.95. The van der Waals surface area contributed by atoms with Gasteiger partial charge in [-0.15, -0.1) is 0 Å². The van der Waals surface area contributed by atoms with E-state index in [1.165, 1.54) is 0 Å². The molecule has 1 aromatic carbocycles. The van der Waals surface area contributed by atoms with Crippen molar-refractivity contribution in [3.05, 3.63) is 29.8 Å². The van der Waals surface area contributed by atoms with Crippen LogP contribution in [-0.4, -0.2) is 24.4 Å². The third-order valence-electron chi connectivity index (χ3n) is 1.60. The second-order valence-corrected chi connectivity index (χ2v) is 2.70. The van der Waals surface area contributed by atoms with Crippen molar-refractivity contribution >= 4 is 12.2 Å². The molecule has 0 saturated carbocycles. The van der Waals surface area contributed by atoms with Gasteiger partial charge in [0, 0.05) is 0 Å². The van der Waals surface area contributed by atoms with Gasteiger partial charge in [0.05, 0.1) is 7.11 Å². The van der Waals surface area contributed by atoms with Gasteiger partial charge in [-0.05, 0) is 17.7 Å². The number of oxime groups is 1. The molecular formula is C10H11NO4. The van der Waals surface area contributed by atoms with Gasteiger partial charge in [-0.3, -0.25) is 0 Å². The Balaban J connectivity index is 2.47. The fourth-order valence-corrected chi connectivity index (χ4v) is 0.956. The van der Waals surface area contributed by atoms with E-state index in [1.807, 2.05) is 18.2 Å². The predicted octanol–water partition coefficient (Wildman–Crippen LogP) is 1.28. The highest BCUT2D eigenvalue weighted by Crippen LogP contribution is 2.12. The first-order valence-electron chi connectivity index (χ1n) is 4.23. The summed E-state index contributed by atoms with van der Waals surface area (Å²) < 4.78 is 5.01. The number of carbonyl (C=O) groups is 1. The quantitative estimate of drug-likeness (QED) is 0.586. The van der Waals surface area contributed by atoms with Gasteiger partial charge < -0.3 is 14.7 Å². The molecule has 0 atom stereocenters. The smallest absolute Gasteiger partial charge is 0.350 e. The SMILES string of the molecule is COc1cccc(CO/N=C/C(=O)O)c1. The van der Waals surface area contributed by atoms with Crippen LogP contribution in [-0.2, 0) is 16.2 Å². The lowest BCUT2D eigenvalue weighted by Gasteiger charge is -2.02. The number of methoxy groups -OCH3 is 1. The van der Waals surface area contributed by atoms with Crippen molar-refractivity contribution in [1.82, 2.24) is 0 Å². The number of aliphatic carboxylic acids is 1. The zero-order valence-electron chi connectivity index (χ0n) is 8.21. The highest BCUT2D eigenvalue weighted by molar-refractivity contribution is 6.21. The molecule has 1 rings (SSSR count). The second-order valence-electron chi connectivity index (χ2n) is 2.70. The largest absolute Gasteiger partial charge is 0.497 e. The summed E-state index contributed by atoms with van der Waals surface area (Å²) in [5.41, 5.74) is 0.858. The Kier molecular flexibility index (Phi) is 4.15. The van der Waals surface area contributed by atoms with Gasteiger partial charge in [0.2, 0.25) is 0 Å². The number of rotatable bonds is 5. The fraction of sp³-hybridized carbons (Fsp3) is 0.200. The van der Waals surface area contributed by atoms with Crippen molar-refractivity contribution in [2.45, 2.75) is 6.61 Å². The average Bonchev–Trinajstić information content (AvgIpc) is 2.24. The van der Waals surface area contributed by atoms with Crippen molar-refractivity contribution in [2.75, 3.05) is 7.11 Å². The number of ether oxygens (including phenoxy) is 1. The van der Waals surface area contributed by atoms with Gasteiger partial charge in [-0.1, -0.05) is 17.3 Å². The number of nitrogens with zero attached hydrogens (tertiary/aromatic N) is 1. The molecule has 0 saturated heterocycles. The van der Waals surface area contributed by atoms with Crippen LogP contribution < -0.4 is 4.74 Å². The molecule has 1 N–H and O–H groups in total. The zero-order valence-corrected chi connectivity index (χ0v) is 8.21. The molecule has 0 aliphatic carbocycles. The maximum Gasteiger partial charge on any atom is 0.350 e. The maximum atomic E-state index is 10.1. The van der Waals surface area contributed by atoms with Gasteiger partial charge >= 0.3 is 5.97 Å². The molecule has 15 heavy (non-hydrogen) atoms. The summed E-state index contributed by atoms with van der Waals surface area (Å²) >= 11 is 0. The van der Waals surface area contributed by atoms with Crippen LogP contribution >= 0.6 is 0 Å². The maximum absolute atomic E-state index is 10.1. The van der Waals surface area contributed by atoms with E-state index < -0.39 is 5.97 Å². The van der Waals surface area contributed by atoms with Gasteiger partial charge in [-0.25, -0.2) is 4.79 Å². The summed E-state index contributed by atoms with van der Waals surface area (Å²) in [7, 11) is 1.57. The molecule has 0 aliphatic heterocycles. The molecule has 0 aliphatic rings. The van der Waals surface area contributed by atoms with Crippen molar-refractivity contribution in [2.24, 2.45) is 5.16 Å². The van der Waals surface area contributed by atoms with Crippen molar-refractivity contribution in [3.63, 3.8) is 0 Å². The zero-order chi connectivity index (χ0) is 11.1. The standard InChI is InChI=1S/C10H11NO4/c1-14-9-4-2-3-8(5-9)7-15-11-6-10(12)13/h2-6H,7H2,1H3,(H,12,13)/b11-6+. The van der Waals surface area contributed by atoms with Crippen molar-refractivity contribution in [3.8, 4) is 5.75 Å². The first kappa shape index (κ1) is 11.0. The van der Waals surface area contributed by atoms with E-state index in [0.29, 0.717) is 6.21 Å². The number of hydrogen-bond donors (Lipinski definition) is 1. The van der Waals surface area contributed by atoms with E-state index in [-0.39, 0.29) is 6.61 Å². The Morgan fingerprint density at radius 2 is 2.40 bits per heavy atom. The minimum atomic E-state index is -1.14. The van der Waals surface area contributed by atoms with Gasteiger partial charge in [0.1, 0.15) is 12.4 Å². The van der Waals surface area contributed by atoms with Crippen LogP contribution in [0.2, 0.25) is 0 Å².